The third-order valence-corrected chi connectivity index (χ3v) is 5.86. The van der Waals surface area contributed by atoms with Crippen molar-refractivity contribution in [1.82, 2.24) is 10.2 Å². The predicted octanol–water partition coefficient (Wildman–Crippen LogP) is 3.09. The summed E-state index contributed by atoms with van der Waals surface area (Å²) < 4.78 is 27.6. The Labute approximate surface area is 134 Å². The minimum absolute atomic E-state index is 0.277. The van der Waals surface area contributed by atoms with Crippen LogP contribution in [0.4, 0.5) is 5.69 Å². The first-order valence-corrected chi connectivity index (χ1v) is 8.72. The molecule has 0 saturated heterocycles. The number of anilines is 1. The molecule has 0 atom stereocenters. The van der Waals surface area contributed by atoms with Crippen LogP contribution in [0.5, 0.6) is 0 Å². The first-order chi connectivity index (χ1) is 11.1. The smallest absolute Gasteiger partial charge is 0.264 e. The number of benzene rings is 2. The number of nitrogens with zero attached hydrogens (tertiary/aromatic N) is 2. The molecule has 1 aliphatic rings. The van der Waals surface area contributed by atoms with E-state index in [0.29, 0.717) is 10.6 Å². The first-order valence-electron chi connectivity index (χ1n) is 7.28. The van der Waals surface area contributed by atoms with Gasteiger partial charge in [-0.25, -0.2) is 8.42 Å². The average Bonchev–Trinajstić information content (AvgIpc) is 3.03. The monoisotopic (exact) mass is 325 g/mol. The molecule has 6 heteroatoms. The van der Waals surface area contributed by atoms with Crippen molar-refractivity contribution in [3.05, 3.63) is 65.9 Å². The molecule has 0 radical (unpaired) electrons. The average molecular weight is 325 g/mol. The van der Waals surface area contributed by atoms with Crippen molar-refractivity contribution >= 4 is 15.7 Å². The van der Waals surface area contributed by atoms with Crippen LogP contribution in [-0.2, 0) is 16.6 Å². The second-order valence-electron chi connectivity index (χ2n) is 5.61. The van der Waals surface area contributed by atoms with Crippen molar-refractivity contribution in [2.75, 3.05) is 4.31 Å². The predicted molar refractivity (Wildman–Crippen MR) is 88.6 cm³/mol. The van der Waals surface area contributed by atoms with Gasteiger partial charge in [0.05, 0.1) is 29.0 Å². The molecule has 116 valence electrons. The van der Waals surface area contributed by atoms with Crippen molar-refractivity contribution in [3.8, 4) is 11.3 Å². The molecule has 1 aromatic heterocycles. The molecule has 4 rings (SSSR count). The Morgan fingerprint density at radius 3 is 2.61 bits per heavy atom. The van der Waals surface area contributed by atoms with Crippen molar-refractivity contribution in [1.29, 1.82) is 0 Å². The number of rotatable bonds is 2. The number of para-hydroxylation sites is 1. The molecule has 5 nitrogen and oxygen atoms in total. The molecule has 3 aromatic rings. The van der Waals surface area contributed by atoms with Crippen LogP contribution in [0.25, 0.3) is 11.3 Å². The maximum absolute atomic E-state index is 13.1. The van der Waals surface area contributed by atoms with Gasteiger partial charge in [-0.2, -0.15) is 5.10 Å². The number of aromatic amines is 1. The van der Waals surface area contributed by atoms with Crippen molar-refractivity contribution in [2.24, 2.45) is 0 Å². The highest BCUT2D eigenvalue weighted by molar-refractivity contribution is 7.92. The first kappa shape index (κ1) is 14.0. The molecule has 0 fully saturated rings. The molecule has 23 heavy (non-hydrogen) atoms. The van der Waals surface area contributed by atoms with E-state index in [-0.39, 0.29) is 6.54 Å². The summed E-state index contributed by atoms with van der Waals surface area (Å²) in [6.45, 7) is 2.21. The Hall–Kier alpha value is -2.60. The molecule has 0 saturated carbocycles. The SMILES string of the molecule is Cc1ccc(S(=O)(=O)N2Cc3cn[nH]c3-c3ccccc32)cc1. The summed E-state index contributed by atoms with van der Waals surface area (Å²) in [6, 6.07) is 14.4. The van der Waals surface area contributed by atoms with Crippen LogP contribution in [-0.4, -0.2) is 18.6 Å². The number of hydrogen-bond donors (Lipinski definition) is 1. The van der Waals surface area contributed by atoms with Gasteiger partial charge >= 0.3 is 0 Å². The topological polar surface area (TPSA) is 66.1 Å². The zero-order valence-corrected chi connectivity index (χ0v) is 13.3. The van der Waals surface area contributed by atoms with Gasteiger partial charge in [0.2, 0.25) is 0 Å². The number of fused-ring (bicyclic) bond motifs is 3. The van der Waals surface area contributed by atoms with Gasteiger partial charge in [0.25, 0.3) is 10.0 Å². The lowest BCUT2D eigenvalue weighted by molar-refractivity contribution is 0.590. The Balaban J connectivity index is 1.88. The third-order valence-electron chi connectivity index (χ3n) is 4.08. The van der Waals surface area contributed by atoms with Gasteiger partial charge < -0.3 is 0 Å². The molecular formula is C17H15N3O2S. The Bertz CT molecular complexity index is 975. The van der Waals surface area contributed by atoms with Crippen LogP contribution in [0.2, 0.25) is 0 Å². The van der Waals surface area contributed by atoms with Crippen LogP contribution in [0.15, 0.2) is 59.6 Å². The van der Waals surface area contributed by atoms with E-state index < -0.39 is 10.0 Å². The van der Waals surface area contributed by atoms with E-state index in [1.54, 1.807) is 18.3 Å². The highest BCUT2D eigenvalue weighted by Crippen LogP contribution is 2.40. The maximum Gasteiger partial charge on any atom is 0.264 e. The van der Waals surface area contributed by atoms with E-state index in [0.717, 1.165) is 22.4 Å². The summed E-state index contributed by atoms with van der Waals surface area (Å²) in [7, 11) is -3.62. The van der Waals surface area contributed by atoms with Crippen LogP contribution in [0.3, 0.4) is 0 Å². The molecule has 0 spiro atoms. The largest absolute Gasteiger partial charge is 0.277 e. The highest BCUT2D eigenvalue weighted by atomic mass is 32.2. The second-order valence-corrected chi connectivity index (χ2v) is 7.47. The quantitative estimate of drug-likeness (QED) is 0.787. The summed E-state index contributed by atoms with van der Waals surface area (Å²) in [5.74, 6) is 0. The van der Waals surface area contributed by atoms with Gasteiger partial charge in [-0.05, 0) is 25.1 Å². The molecule has 0 amide bonds. The van der Waals surface area contributed by atoms with E-state index in [4.69, 9.17) is 0 Å². The third kappa shape index (κ3) is 2.14. The van der Waals surface area contributed by atoms with Crippen LogP contribution >= 0.6 is 0 Å². The molecule has 2 aromatic carbocycles. The van der Waals surface area contributed by atoms with E-state index >= 15 is 0 Å². The maximum atomic E-state index is 13.1. The molecule has 1 N–H and O–H groups in total. The number of hydrogen-bond acceptors (Lipinski definition) is 3. The second kappa shape index (κ2) is 4.96. The van der Waals surface area contributed by atoms with Crippen molar-refractivity contribution in [2.45, 2.75) is 18.4 Å². The van der Waals surface area contributed by atoms with E-state index in [1.165, 1.54) is 4.31 Å². The van der Waals surface area contributed by atoms with E-state index in [9.17, 15) is 8.42 Å². The standard InChI is InChI=1S/C17H15N3O2S/c1-12-6-8-14(9-7-12)23(21,22)20-11-13-10-18-19-17(13)15-4-2-3-5-16(15)20/h2-10H,11H2,1H3,(H,18,19). The molecule has 2 heterocycles. The Morgan fingerprint density at radius 1 is 1.09 bits per heavy atom. The summed E-state index contributed by atoms with van der Waals surface area (Å²) in [6.07, 6.45) is 1.68. The van der Waals surface area contributed by atoms with Crippen LogP contribution in [0.1, 0.15) is 11.1 Å². The molecular weight excluding hydrogens is 310 g/mol. The van der Waals surface area contributed by atoms with Gasteiger partial charge in [-0.15, -0.1) is 0 Å². The fraction of sp³-hybridized carbons (Fsp3) is 0.118. The molecule has 1 aliphatic heterocycles. The van der Waals surface area contributed by atoms with Gasteiger partial charge in [0, 0.05) is 11.1 Å². The van der Waals surface area contributed by atoms with E-state index in [1.807, 2.05) is 43.3 Å². The lowest BCUT2D eigenvalue weighted by atomic mass is 10.0. The number of sulfonamides is 1. The van der Waals surface area contributed by atoms with Crippen molar-refractivity contribution in [3.63, 3.8) is 0 Å². The van der Waals surface area contributed by atoms with Crippen LogP contribution < -0.4 is 4.31 Å². The number of aromatic nitrogens is 2. The minimum atomic E-state index is -3.62. The normalized spacial score (nSPS) is 13.5. The summed E-state index contributed by atoms with van der Waals surface area (Å²) in [5.41, 5.74) is 4.31. The number of nitrogens with one attached hydrogen (secondary N) is 1. The summed E-state index contributed by atoms with van der Waals surface area (Å²) in [4.78, 5) is 0.296. The van der Waals surface area contributed by atoms with Gasteiger partial charge in [0.1, 0.15) is 0 Å². The van der Waals surface area contributed by atoms with Gasteiger partial charge in [-0.3, -0.25) is 9.40 Å². The van der Waals surface area contributed by atoms with Gasteiger partial charge in [-0.1, -0.05) is 35.9 Å². The fourth-order valence-corrected chi connectivity index (χ4v) is 4.32. The highest BCUT2D eigenvalue weighted by Gasteiger charge is 2.32. The Morgan fingerprint density at radius 2 is 1.83 bits per heavy atom. The summed E-state index contributed by atoms with van der Waals surface area (Å²) in [5, 5.41) is 7.02. The minimum Gasteiger partial charge on any atom is -0.277 e. The zero-order chi connectivity index (χ0) is 16.0. The number of H-pyrrole nitrogens is 1. The molecule has 0 bridgehead atoms. The Kier molecular flexibility index (Phi) is 3.02. The fourth-order valence-electron chi connectivity index (χ4n) is 2.86. The van der Waals surface area contributed by atoms with E-state index in [2.05, 4.69) is 10.2 Å². The van der Waals surface area contributed by atoms with Crippen LogP contribution in [0, 0.1) is 6.92 Å². The lowest BCUT2D eigenvalue weighted by Crippen LogP contribution is -2.33. The summed E-state index contributed by atoms with van der Waals surface area (Å²) >= 11 is 0. The van der Waals surface area contributed by atoms with Gasteiger partial charge in [0.15, 0.2) is 0 Å². The molecule has 0 unspecified atom stereocenters. The van der Waals surface area contributed by atoms with Crippen molar-refractivity contribution < 1.29 is 8.42 Å². The zero-order valence-electron chi connectivity index (χ0n) is 12.5. The molecule has 0 aliphatic carbocycles. The number of aryl methyl sites for hydroxylation is 1. The lowest BCUT2D eigenvalue weighted by Gasteiger charge is -2.30.